The number of ether oxygens (including phenoxy) is 1. The zero-order valence-electron chi connectivity index (χ0n) is 13.5. The molecule has 7 nitrogen and oxygen atoms in total. The molecule has 4 N–H and O–H groups in total. The number of para-hydroxylation sites is 1. The van der Waals surface area contributed by atoms with Gasteiger partial charge in [-0.15, -0.1) is 0 Å². The third-order valence-electron chi connectivity index (χ3n) is 3.37. The van der Waals surface area contributed by atoms with Gasteiger partial charge >= 0.3 is 5.97 Å². The Hall–Kier alpha value is -3.13. The van der Waals surface area contributed by atoms with Crippen LogP contribution in [-0.4, -0.2) is 34.3 Å². The van der Waals surface area contributed by atoms with Crippen molar-refractivity contribution in [1.29, 1.82) is 0 Å². The number of carboxylic acids is 1. The normalized spacial score (nSPS) is 10.0. The Labute approximate surface area is 149 Å². The number of aryl methyl sites for hydroxylation is 1. The van der Waals surface area contributed by atoms with E-state index in [4.69, 9.17) is 22.1 Å². The molecular weight excluding hydrogens is 344 g/mol. The van der Waals surface area contributed by atoms with Crippen LogP contribution in [0.4, 0.5) is 5.69 Å². The molecule has 0 aliphatic carbocycles. The zero-order chi connectivity index (χ0) is 18.6. The highest BCUT2D eigenvalue weighted by atomic mass is 32.1. The highest BCUT2D eigenvalue weighted by Gasteiger charge is 2.15. The number of hydrogen-bond acceptors (Lipinski definition) is 5. The second-order valence-electron chi connectivity index (χ2n) is 5.10. The number of nitrogens with one attached hydrogen (secondary N) is 2. The van der Waals surface area contributed by atoms with Crippen LogP contribution in [-0.2, 0) is 0 Å². The summed E-state index contributed by atoms with van der Waals surface area (Å²) < 4.78 is 5.24. The lowest BCUT2D eigenvalue weighted by molar-refractivity contribution is 0.0693. The van der Waals surface area contributed by atoms with Gasteiger partial charge in [-0.2, -0.15) is 0 Å². The van der Waals surface area contributed by atoms with Gasteiger partial charge in [0.05, 0.1) is 12.7 Å². The first-order valence-electron chi connectivity index (χ1n) is 7.15. The van der Waals surface area contributed by atoms with Gasteiger partial charge in [-0.1, -0.05) is 12.1 Å². The van der Waals surface area contributed by atoms with Gasteiger partial charge in [0.1, 0.15) is 17.1 Å². The molecule has 0 bridgehead atoms. The van der Waals surface area contributed by atoms with Crippen molar-refractivity contribution in [2.24, 2.45) is 0 Å². The predicted molar refractivity (Wildman–Crippen MR) is 96.5 cm³/mol. The van der Waals surface area contributed by atoms with E-state index in [1.54, 1.807) is 12.1 Å². The molecule has 0 heterocycles. The molecule has 2 aromatic carbocycles. The molecule has 2 aromatic rings. The number of carboxylic acid groups (broad SMARTS) is 1. The maximum absolute atomic E-state index is 12.3. The summed E-state index contributed by atoms with van der Waals surface area (Å²) in [5, 5.41) is 23.8. The number of amides is 1. The lowest BCUT2D eigenvalue weighted by Gasteiger charge is -2.13. The molecule has 2 rings (SSSR count). The lowest BCUT2D eigenvalue weighted by Crippen LogP contribution is -2.34. The summed E-state index contributed by atoms with van der Waals surface area (Å²) in [6.07, 6.45) is 0. The predicted octanol–water partition coefficient (Wildman–Crippen LogP) is 2.53. The lowest BCUT2D eigenvalue weighted by atomic mass is 10.1. The van der Waals surface area contributed by atoms with Gasteiger partial charge in [0.15, 0.2) is 5.11 Å². The van der Waals surface area contributed by atoms with Gasteiger partial charge < -0.3 is 20.3 Å². The fourth-order valence-electron chi connectivity index (χ4n) is 2.23. The summed E-state index contributed by atoms with van der Waals surface area (Å²) >= 11 is 5.07. The first kappa shape index (κ1) is 18.2. The second-order valence-corrected chi connectivity index (χ2v) is 5.51. The van der Waals surface area contributed by atoms with Crippen molar-refractivity contribution in [1.82, 2.24) is 5.32 Å². The topological polar surface area (TPSA) is 108 Å². The van der Waals surface area contributed by atoms with Gasteiger partial charge in [-0.25, -0.2) is 4.79 Å². The molecular formula is C17H16N2O5S. The molecule has 0 saturated heterocycles. The van der Waals surface area contributed by atoms with Crippen molar-refractivity contribution in [2.45, 2.75) is 6.92 Å². The Morgan fingerprint density at radius 1 is 1.16 bits per heavy atom. The number of rotatable bonds is 4. The number of aromatic carboxylic acids is 1. The summed E-state index contributed by atoms with van der Waals surface area (Å²) in [5.41, 5.74) is 1.24. The van der Waals surface area contributed by atoms with Gasteiger partial charge in [0.25, 0.3) is 5.91 Å². The minimum atomic E-state index is -1.24. The van der Waals surface area contributed by atoms with Gasteiger partial charge in [-0.3, -0.25) is 10.1 Å². The summed E-state index contributed by atoms with van der Waals surface area (Å²) in [4.78, 5) is 23.2. The quantitative estimate of drug-likeness (QED) is 0.621. The summed E-state index contributed by atoms with van der Waals surface area (Å²) in [6, 6.07) is 9.01. The van der Waals surface area contributed by atoms with Gasteiger partial charge in [0, 0.05) is 11.8 Å². The summed E-state index contributed by atoms with van der Waals surface area (Å²) in [6.45, 7) is 1.82. The van der Waals surface area contributed by atoms with E-state index in [1.165, 1.54) is 25.3 Å². The summed E-state index contributed by atoms with van der Waals surface area (Å²) in [5.74, 6) is -1.66. The van der Waals surface area contributed by atoms with Crippen molar-refractivity contribution >= 4 is 34.9 Å². The maximum Gasteiger partial charge on any atom is 0.339 e. The third kappa shape index (κ3) is 4.24. The Balaban J connectivity index is 2.10. The maximum atomic E-state index is 12.3. The molecule has 0 aliphatic rings. The molecule has 0 saturated carbocycles. The fraction of sp³-hybridized carbons (Fsp3) is 0.118. The van der Waals surface area contributed by atoms with E-state index in [2.05, 4.69) is 10.6 Å². The average molecular weight is 360 g/mol. The van der Waals surface area contributed by atoms with Crippen LogP contribution < -0.4 is 15.4 Å². The van der Waals surface area contributed by atoms with E-state index in [0.29, 0.717) is 17.0 Å². The Morgan fingerprint density at radius 3 is 2.48 bits per heavy atom. The van der Waals surface area contributed by atoms with Crippen LogP contribution in [0.5, 0.6) is 11.5 Å². The van der Waals surface area contributed by atoms with Crippen LogP contribution in [0.25, 0.3) is 0 Å². The number of benzene rings is 2. The van der Waals surface area contributed by atoms with Crippen molar-refractivity contribution in [3.63, 3.8) is 0 Å². The fourth-order valence-corrected chi connectivity index (χ4v) is 2.44. The highest BCUT2D eigenvalue weighted by molar-refractivity contribution is 7.80. The number of methoxy groups -OCH3 is 1. The molecule has 0 aliphatic heterocycles. The van der Waals surface area contributed by atoms with Crippen LogP contribution in [0.1, 0.15) is 26.3 Å². The Morgan fingerprint density at radius 2 is 1.88 bits per heavy atom. The van der Waals surface area contributed by atoms with Crippen molar-refractivity contribution in [3.05, 3.63) is 53.1 Å². The molecule has 0 unspecified atom stereocenters. The third-order valence-corrected chi connectivity index (χ3v) is 3.58. The molecule has 0 atom stereocenters. The molecule has 0 fully saturated rings. The van der Waals surface area contributed by atoms with E-state index < -0.39 is 17.6 Å². The average Bonchev–Trinajstić information content (AvgIpc) is 2.54. The molecule has 0 spiro atoms. The van der Waals surface area contributed by atoms with Crippen molar-refractivity contribution in [3.8, 4) is 11.5 Å². The van der Waals surface area contributed by atoms with Gasteiger partial charge in [0.2, 0.25) is 0 Å². The van der Waals surface area contributed by atoms with E-state index in [9.17, 15) is 14.7 Å². The minimum Gasteiger partial charge on any atom is -0.507 e. The van der Waals surface area contributed by atoms with Crippen LogP contribution in [0.15, 0.2) is 36.4 Å². The number of hydrogen-bond donors (Lipinski definition) is 4. The zero-order valence-corrected chi connectivity index (χ0v) is 14.3. The standard InChI is InChI=1S/C17H16N2O5S/c1-9-4-3-5-12(14(9)24-2)15(21)19-17(25)18-10-6-7-11(16(22)23)13(20)8-10/h3-8,20H,1-2H3,(H,22,23)(H2,18,19,21,25). The van der Waals surface area contributed by atoms with Crippen LogP contribution >= 0.6 is 12.2 Å². The number of anilines is 1. The minimum absolute atomic E-state index is 0.00367. The summed E-state index contributed by atoms with van der Waals surface area (Å²) in [7, 11) is 1.47. The van der Waals surface area contributed by atoms with E-state index >= 15 is 0 Å². The number of carbonyl (C=O) groups excluding carboxylic acids is 1. The largest absolute Gasteiger partial charge is 0.507 e. The first-order valence-corrected chi connectivity index (χ1v) is 7.56. The highest BCUT2D eigenvalue weighted by Crippen LogP contribution is 2.23. The van der Waals surface area contributed by atoms with E-state index in [1.807, 2.05) is 13.0 Å². The molecule has 0 aromatic heterocycles. The molecule has 1 amide bonds. The van der Waals surface area contributed by atoms with Crippen LogP contribution in [0, 0.1) is 6.92 Å². The monoisotopic (exact) mass is 360 g/mol. The molecule has 130 valence electrons. The molecule has 25 heavy (non-hydrogen) atoms. The number of aromatic hydroxyl groups is 1. The molecule has 0 radical (unpaired) electrons. The van der Waals surface area contributed by atoms with Gasteiger partial charge in [-0.05, 0) is 42.9 Å². The first-order chi connectivity index (χ1) is 11.8. The second kappa shape index (κ2) is 7.63. The number of phenols is 1. The van der Waals surface area contributed by atoms with Crippen LogP contribution in [0.2, 0.25) is 0 Å². The SMILES string of the molecule is COc1c(C)cccc1C(=O)NC(=S)Nc1ccc(C(=O)O)c(O)c1. The Kier molecular flexibility index (Phi) is 5.56. The smallest absolute Gasteiger partial charge is 0.339 e. The van der Waals surface area contributed by atoms with Crippen molar-refractivity contribution < 1.29 is 24.5 Å². The number of carbonyl (C=O) groups is 2. The van der Waals surface area contributed by atoms with Crippen molar-refractivity contribution in [2.75, 3.05) is 12.4 Å². The number of thiocarbonyl (C=S) groups is 1. The van der Waals surface area contributed by atoms with E-state index in [-0.39, 0.29) is 10.7 Å². The van der Waals surface area contributed by atoms with E-state index in [0.717, 1.165) is 5.56 Å². The molecule has 8 heteroatoms. The van der Waals surface area contributed by atoms with Crippen LogP contribution in [0.3, 0.4) is 0 Å². The Bertz CT molecular complexity index is 851.